The minimum absolute atomic E-state index is 0.00142. The van der Waals surface area contributed by atoms with Crippen LogP contribution in [-0.2, 0) is 6.42 Å². The van der Waals surface area contributed by atoms with Gasteiger partial charge < -0.3 is 16.0 Å². The number of rotatable bonds is 9. The van der Waals surface area contributed by atoms with Crippen LogP contribution in [0.3, 0.4) is 0 Å². The molecule has 5 rings (SSSR count). The van der Waals surface area contributed by atoms with Crippen molar-refractivity contribution in [2.75, 3.05) is 43.9 Å². The van der Waals surface area contributed by atoms with Gasteiger partial charge in [-0.05, 0) is 24.8 Å². The summed E-state index contributed by atoms with van der Waals surface area (Å²) in [6.45, 7) is 0.324. The minimum atomic E-state index is -4.19. The fourth-order valence-corrected chi connectivity index (χ4v) is 4.96. The number of nitrogens with one attached hydrogen (secondary N) is 3. The quantitative estimate of drug-likeness (QED) is 0.251. The molecule has 10 nitrogen and oxygen atoms in total. The van der Waals surface area contributed by atoms with Gasteiger partial charge in [0.2, 0.25) is 5.95 Å². The van der Waals surface area contributed by atoms with Crippen LogP contribution in [0.4, 0.5) is 29.3 Å². The Labute approximate surface area is 239 Å². The van der Waals surface area contributed by atoms with Gasteiger partial charge in [-0.15, -0.1) is 0 Å². The van der Waals surface area contributed by atoms with Crippen LogP contribution < -0.4 is 16.0 Å². The molecular weight excluding hydrogens is 554 g/mol. The molecule has 0 unspecified atom stereocenters. The molecule has 42 heavy (non-hydrogen) atoms. The normalized spacial score (nSPS) is 14.6. The highest BCUT2D eigenvalue weighted by atomic mass is 19.4. The zero-order valence-electron chi connectivity index (χ0n) is 22.7. The number of alkyl halides is 3. The Balaban J connectivity index is 1.18. The van der Waals surface area contributed by atoms with Gasteiger partial charge >= 0.3 is 6.18 Å². The fourth-order valence-electron chi connectivity index (χ4n) is 4.96. The van der Waals surface area contributed by atoms with Crippen molar-refractivity contribution in [1.29, 1.82) is 0 Å². The van der Waals surface area contributed by atoms with Crippen molar-refractivity contribution in [2.24, 2.45) is 0 Å². The standard InChI is InChI=1S/C28H29F4N9O/c1-33-26(42)24-20-4-2-3-17(25(20)35-14-21(24)29)5-8-34-23-11-22(38-16-39-23)18-12-36-27(37-13-18)40-19-6-9-41(10-7-19)15-28(30,31)32/h2-4,11-14,16,19H,5-10,15H2,1H3,(H,33,42)(H,34,38,39)(H,36,37,40). The Morgan fingerprint density at radius 2 is 1.81 bits per heavy atom. The number of aromatic nitrogens is 5. The van der Waals surface area contributed by atoms with E-state index in [0.717, 1.165) is 11.8 Å². The van der Waals surface area contributed by atoms with Crippen molar-refractivity contribution < 1.29 is 22.4 Å². The van der Waals surface area contributed by atoms with Gasteiger partial charge in [-0.3, -0.25) is 14.7 Å². The summed E-state index contributed by atoms with van der Waals surface area (Å²) >= 11 is 0. The maximum atomic E-state index is 14.3. The van der Waals surface area contributed by atoms with Gasteiger partial charge in [-0.1, -0.05) is 18.2 Å². The number of likely N-dealkylation sites (tertiary alicyclic amines) is 1. The van der Waals surface area contributed by atoms with Gasteiger partial charge in [-0.2, -0.15) is 13.2 Å². The molecule has 0 bridgehead atoms. The molecule has 0 saturated carbocycles. The van der Waals surface area contributed by atoms with Crippen LogP contribution in [0.15, 0.2) is 49.2 Å². The molecule has 3 N–H and O–H groups in total. The molecule has 1 fully saturated rings. The molecule has 1 amide bonds. The molecular formula is C28H29F4N9O. The highest BCUT2D eigenvalue weighted by molar-refractivity contribution is 6.06. The lowest BCUT2D eigenvalue weighted by molar-refractivity contribution is -0.147. The summed E-state index contributed by atoms with van der Waals surface area (Å²) in [5, 5.41) is 9.37. The smallest absolute Gasteiger partial charge is 0.370 e. The highest BCUT2D eigenvalue weighted by Crippen LogP contribution is 2.24. The topological polar surface area (TPSA) is 121 Å². The number of fused-ring (bicyclic) bond motifs is 1. The number of hydrogen-bond donors (Lipinski definition) is 3. The van der Waals surface area contributed by atoms with Gasteiger partial charge in [0, 0.05) is 62.1 Å². The summed E-state index contributed by atoms with van der Waals surface area (Å²) in [6, 6.07) is 7.09. The highest BCUT2D eigenvalue weighted by Gasteiger charge is 2.32. The van der Waals surface area contributed by atoms with Gasteiger partial charge in [-0.25, -0.2) is 24.3 Å². The van der Waals surface area contributed by atoms with E-state index in [1.165, 1.54) is 18.3 Å². The first-order chi connectivity index (χ1) is 20.2. The first-order valence-electron chi connectivity index (χ1n) is 13.4. The number of pyridine rings is 1. The fraction of sp³-hybridized carbons (Fsp3) is 0.357. The molecule has 0 radical (unpaired) electrons. The maximum absolute atomic E-state index is 14.3. The maximum Gasteiger partial charge on any atom is 0.401 e. The lowest BCUT2D eigenvalue weighted by Gasteiger charge is -2.32. The second-order valence-corrected chi connectivity index (χ2v) is 9.94. The third-order valence-corrected chi connectivity index (χ3v) is 7.03. The number of hydrogen-bond acceptors (Lipinski definition) is 9. The summed E-state index contributed by atoms with van der Waals surface area (Å²) < 4.78 is 52.2. The molecule has 1 aliphatic rings. The number of amides is 1. The number of halogens is 4. The van der Waals surface area contributed by atoms with Crippen molar-refractivity contribution in [3.8, 4) is 11.3 Å². The van der Waals surface area contributed by atoms with E-state index in [0.29, 0.717) is 72.8 Å². The lowest BCUT2D eigenvalue weighted by atomic mass is 10.0. The Morgan fingerprint density at radius 3 is 2.52 bits per heavy atom. The minimum Gasteiger partial charge on any atom is -0.370 e. The molecule has 0 spiro atoms. The number of para-hydroxylation sites is 1. The molecule has 1 aromatic carbocycles. The molecule has 1 saturated heterocycles. The molecule has 4 aromatic rings. The van der Waals surface area contributed by atoms with Crippen LogP contribution in [-0.4, -0.2) is 81.2 Å². The Bertz CT molecular complexity index is 1540. The van der Waals surface area contributed by atoms with E-state index in [1.807, 2.05) is 6.07 Å². The number of anilines is 2. The third-order valence-electron chi connectivity index (χ3n) is 7.03. The van der Waals surface area contributed by atoms with Gasteiger partial charge in [0.25, 0.3) is 5.91 Å². The summed E-state index contributed by atoms with van der Waals surface area (Å²) in [6.07, 6.45) is 3.25. The van der Waals surface area contributed by atoms with Crippen LogP contribution in [0.25, 0.3) is 22.2 Å². The second-order valence-electron chi connectivity index (χ2n) is 9.94. The molecule has 0 aliphatic carbocycles. The van der Waals surface area contributed by atoms with Crippen LogP contribution in [0.2, 0.25) is 0 Å². The Kier molecular flexibility index (Phi) is 8.71. The first-order valence-corrected chi connectivity index (χ1v) is 13.4. The number of piperidine rings is 1. The number of benzene rings is 1. The van der Waals surface area contributed by atoms with Crippen LogP contribution >= 0.6 is 0 Å². The SMILES string of the molecule is CNC(=O)c1c(F)cnc2c(CCNc3cc(-c4cnc(NC5CCN(CC(F)(F)F)CC5)nc4)ncn3)cccc12. The van der Waals surface area contributed by atoms with E-state index < -0.39 is 24.4 Å². The van der Waals surface area contributed by atoms with Crippen LogP contribution in [0.5, 0.6) is 0 Å². The number of nitrogens with zero attached hydrogens (tertiary/aromatic N) is 6. The van der Waals surface area contributed by atoms with Gasteiger partial charge in [0.05, 0.1) is 29.5 Å². The Morgan fingerprint density at radius 1 is 1.05 bits per heavy atom. The zero-order chi connectivity index (χ0) is 29.7. The van der Waals surface area contributed by atoms with E-state index in [-0.39, 0.29) is 11.6 Å². The molecule has 0 atom stereocenters. The van der Waals surface area contributed by atoms with E-state index in [9.17, 15) is 22.4 Å². The molecule has 220 valence electrons. The molecule has 14 heteroatoms. The molecule has 1 aliphatic heterocycles. The monoisotopic (exact) mass is 583 g/mol. The summed E-state index contributed by atoms with van der Waals surface area (Å²) in [4.78, 5) is 35.2. The van der Waals surface area contributed by atoms with Crippen molar-refractivity contribution in [3.63, 3.8) is 0 Å². The Hall–Kier alpha value is -4.46. The number of carbonyl (C=O) groups is 1. The lowest BCUT2D eigenvalue weighted by Crippen LogP contribution is -2.43. The average Bonchev–Trinajstić information content (AvgIpc) is 2.97. The van der Waals surface area contributed by atoms with Crippen LogP contribution in [0, 0.1) is 5.82 Å². The van der Waals surface area contributed by atoms with Crippen molar-refractivity contribution in [1.82, 2.24) is 35.1 Å². The summed E-state index contributed by atoms with van der Waals surface area (Å²) in [5.41, 5.74) is 2.65. The van der Waals surface area contributed by atoms with Gasteiger partial charge in [0.1, 0.15) is 12.1 Å². The predicted octanol–water partition coefficient (Wildman–Crippen LogP) is 4.07. The first kappa shape index (κ1) is 29.0. The number of carbonyl (C=O) groups excluding carboxylic acids is 1. The molecule has 4 heterocycles. The third kappa shape index (κ3) is 7.05. The van der Waals surface area contributed by atoms with E-state index in [1.54, 1.807) is 30.6 Å². The van der Waals surface area contributed by atoms with Crippen molar-refractivity contribution in [3.05, 3.63) is 66.1 Å². The van der Waals surface area contributed by atoms with Crippen molar-refractivity contribution >= 4 is 28.6 Å². The summed E-state index contributed by atoms with van der Waals surface area (Å²) in [7, 11) is 1.45. The van der Waals surface area contributed by atoms with E-state index in [4.69, 9.17) is 0 Å². The molecule has 3 aromatic heterocycles. The zero-order valence-corrected chi connectivity index (χ0v) is 22.7. The van der Waals surface area contributed by atoms with Crippen LogP contribution in [0.1, 0.15) is 28.8 Å². The average molecular weight is 584 g/mol. The predicted molar refractivity (Wildman–Crippen MR) is 149 cm³/mol. The van der Waals surface area contributed by atoms with Gasteiger partial charge in [0.15, 0.2) is 5.82 Å². The largest absolute Gasteiger partial charge is 0.401 e. The van der Waals surface area contributed by atoms with Crippen molar-refractivity contribution in [2.45, 2.75) is 31.5 Å². The second kappa shape index (κ2) is 12.6. The summed E-state index contributed by atoms with van der Waals surface area (Å²) in [5.74, 6) is -0.202. The van der Waals surface area contributed by atoms with E-state index >= 15 is 0 Å². The van der Waals surface area contributed by atoms with E-state index in [2.05, 4.69) is 40.9 Å².